The minimum atomic E-state index is -0.687. The third kappa shape index (κ3) is 19.7. The van der Waals surface area contributed by atoms with Gasteiger partial charge in [0.1, 0.15) is 6.42 Å². The molecule has 0 saturated carbocycles. The molecule has 0 bridgehead atoms. The van der Waals surface area contributed by atoms with Crippen LogP contribution in [0.1, 0.15) is 6.42 Å². The second-order valence-corrected chi connectivity index (χ2v) is 1.11. The van der Waals surface area contributed by atoms with E-state index in [0.717, 1.165) is 7.11 Å². The van der Waals surface area contributed by atoms with E-state index in [-0.39, 0.29) is 6.42 Å². The van der Waals surface area contributed by atoms with Crippen molar-refractivity contribution in [3.63, 3.8) is 0 Å². The highest BCUT2D eigenvalue weighted by Crippen LogP contribution is 1.68. The van der Waals surface area contributed by atoms with Crippen molar-refractivity contribution in [1.29, 1.82) is 0 Å². The zero-order valence-corrected chi connectivity index (χ0v) is 5.13. The predicted molar refractivity (Wildman–Crippen MR) is 31.1 cm³/mol. The Balaban J connectivity index is 0. The normalized spacial score (nSPS) is 6.89. The van der Waals surface area contributed by atoms with Gasteiger partial charge in [0.15, 0.2) is 0 Å². The van der Waals surface area contributed by atoms with Gasteiger partial charge in [-0.25, -0.2) is 0 Å². The lowest BCUT2D eigenvalue weighted by Gasteiger charge is -1.82. The van der Waals surface area contributed by atoms with Gasteiger partial charge in [-0.15, -0.1) is 0 Å². The summed E-state index contributed by atoms with van der Waals surface area (Å²) in [5, 5.41) is 7.00. The van der Waals surface area contributed by atoms with E-state index < -0.39 is 11.8 Å². The predicted octanol–water partition coefficient (Wildman–Crippen LogP) is -2.04. The molecule has 0 aliphatic carbocycles. The van der Waals surface area contributed by atoms with Gasteiger partial charge in [0, 0.05) is 7.11 Å². The lowest BCUT2D eigenvalue weighted by molar-refractivity contribution is -0.125. The fourth-order valence-electron chi connectivity index (χ4n) is 0.172. The van der Waals surface area contributed by atoms with Crippen LogP contribution in [0.15, 0.2) is 0 Å². The fourth-order valence-corrected chi connectivity index (χ4v) is 0.172. The Morgan fingerprint density at radius 3 is 1.44 bits per heavy atom. The molecule has 0 saturated heterocycles. The maximum Gasteiger partial charge on any atom is 0.226 e. The quantitative estimate of drug-likeness (QED) is 0.378. The van der Waals surface area contributed by atoms with Crippen molar-refractivity contribution in [3.05, 3.63) is 0 Å². The number of nitrogens with two attached hydrogens (primary N) is 2. The Labute approximate surface area is 52.6 Å². The molecule has 0 aliphatic heterocycles. The third-order valence-electron chi connectivity index (χ3n) is 0.348. The lowest BCUT2D eigenvalue weighted by Crippen LogP contribution is -2.21. The molecule has 5 heteroatoms. The van der Waals surface area contributed by atoms with E-state index in [2.05, 4.69) is 11.5 Å². The molecule has 54 valence electrons. The SMILES string of the molecule is CO.NC(=O)CC(N)=O. The molecular formula is C4H10N2O3. The zero-order chi connectivity index (χ0) is 7.86. The van der Waals surface area contributed by atoms with Gasteiger partial charge in [0.05, 0.1) is 0 Å². The third-order valence-corrected chi connectivity index (χ3v) is 0.348. The number of hydrogen-bond acceptors (Lipinski definition) is 3. The number of amides is 2. The summed E-state index contributed by atoms with van der Waals surface area (Å²) in [5.74, 6) is -1.37. The van der Waals surface area contributed by atoms with Gasteiger partial charge in [-0.3, -0.25) is 9.59 Å². The standard InChI is InChI=1S/C3H6N2O2.CH4O/c4-2(6)1-3(5)7;1-2/h1H2,(H2,4,6)(H2,5,7);2H,1H3. The van der Waals surface area contributed by atoms with Crippen LogP contribution in [0.25, 0.3) is 0 Å². The molecule has 0 aromatic heterocycles. The first-order chi connectivity index (χ1) is 4.13. The molecule has 0 aliphatic rings. The molecular weight excluding hydrogens is 124 g/mol. The summed E-state index contributed by atoms with van der Waals surface area (Å²) < 4.78 is 0. The molecule has 5 nitrogen and oxygen atoms in total. The van der Waals surface area contributed by atoms with Gasteiger partial charge in [-0.1, -0.05) is 0 Å². The minimum Gasteiger partial charge on any atom is -0.400 e. The maximum absolute atomic E-state index is 9.73. The zero-order valence-electron chi connectivity index (χ0n) is 5.13. The van der Waals surface area contributed by atoms with E-state index in [9.17, 15) is 9.59 Å². The molecule has 0 aromatic carbocycles. The van der Waals surface area contributed by atoms with E-state index in [1.807, 2.05) is 0 Å². The summed E-state index contributed by atoms with van der Waals surface area (Å²) in [6, 6.07) is 0. The summed E-state index contributed by atoms with van der Waals surface area (Å²) in [5.41, 5.74) is 9.11. The number of aliphatic hydroxyl groups is 1. The summed E-state index contributed by atoms with van der Waals surface area (Å²) in [6.07, 6.45) is -0.361. The summed E-state index contributed by atoms with van der Waals surface area (Å²) >= 11 is 0. The number of carbonyl (C=O) groups is 2. The van der Waals surface area contributed by atoms with E-state index in [1.54, 1.807) is 0 Å². The molecule has 0 rings (SSSR count). The van der Waals surface area contributed by atoms with Crippen LogP contribution in [0.4, 0.5) is 0 Å². The molecule has 0 radical (unpaired) electrons. The molecule has 9 heavy (non-hydrogen) atoms. The van der Waals surface area contributed by atoms with Crippen molar-refractivity contribution in [2.45, 2.75) is 6.42 Å². The van der Waals surface area contributed by atoms with Gasteiger partial charge < -0.3 is 16.6 Å². The monoisotopic (exact) mass is 134 g/mol. The molecule has 0 heterocycles. The van der Waals surface area contributed by atoms with Gasteiger partial charge in [0.2, 0.25) is 11.8 Å². The molecule has 2 amide bonds. The van der Waals surface area contributed by atoms with Gasteiger partial charge in [0.25, 0.3) is 0 Å². The van der Waals surface area contributed by atoms with E-state index in [1.165, 1.54) is 0 Å². The highest BCUT2D eigenvalue weighted by Gasteiger charge is 1.96. The van der Waals surface area contributed by atoms with Gasteiger partial charge in [-0.2, -0.15) is 0 Å². The topological polar surface area (TPSA) is 106 Å². The molecule has 0 aromatic rings. The second kappa shape index (κ2) is 6.90. The molecule has 0 atom stereocenters. The van der Waals surface area contributed by atoms with Crippen molar-refractivity contribution >= 4 is 11.8 Å². The highest BCUT2D eigenvalue weighted by atomic mass is 16.2. The Hall–Kier alpha value is -1.10. The Morgan fingerprint density at radius 2 is 1.44 bits per heavy atom. The van der Waals surface area contributed by atoms with Crippen molar-refractivity contribution in [2.24, 2.45) is 11.5 Å². The first kappa shape index (κ1) is 10.8. The molecule has 0 fully saturated rings. The number of rotatable bonds is 2. The van der Waals surface area contributed by atoms with Crippen molar-refractivity contribution in [2.75, 3.05) is 7.11 Å². The number of carbonyl (C=O) groups excluding carboxylic acids is 2. The summed E-state index contributed by atoms with van der Waals surface area (Å²) in [6.45, 7) is 0. The average Bonchev–Trinajstić information content (AvgIpc) is 1.68. The van der Waals surface area contributed by atoms with Crippen molar-refractivity contribution < 1.29 is 14.7 Å². The van der Waals surface area contributed by atoms with Crippen LogP contribution in [-0.2, 0) is 9.59 Å². The van der Waals surface area contributed by atoms with Gasteiger partial charge in [-0.05, 0) is 0 Å². The summed E-state index contributed by atoms with van der Waals surface area (Å²) in [4.78, 5) is 19.5. The Morgan fingerprint density at radius 1 is 1.22 bits per heavy atom. The molecule has 0 spiro atoms. The smallest absolute Gasteiger partial charge is 0.226 e. The van der Waals surface area contributed by atoms with Crippen LogP contribution >= 0.6 is 0 Å². The second-order valence-electron chi connectivity index (χ2n) is 1.11. The lowest BCUT2D eigenvalue weighted by atomic mass is 10.4. The number of aliphatic hydroxyl groups excluding tert-OH is 1. The van der Waals surface area contributed by atoms with Crippen LogP contribution in [0.2, 0.25) is 0 Å². The van der Waals surface area contributed by atoms with Crippen molar-refractivity contribution in [3.8, 4) is 0 Å². The number of hydrogen-bond donors (Lipinski definition) is 3. The van der Waals surface area contributed by atoms with Crippen LogP contribution in [0.3, 0.4) is 0 Å². The first-order valence-electron chi connectivity index (χ1n) is 2.14. The fraction of sp³-hybridized carbons (Fsp3) is 0.500. The molecule has 0 unspecified atom stereocenters. The minimum absolute atomic E-state index is 0.361. The van der Waals surface area contributed by atoms with Crippen molar-refractivity contribution in [1.82, 2.24) is 0 Å². The Kier molecular flexibility index (Phi) is 8.28. The Bertz CT molecular complexity index is 90.0. The van der Waals surface area contributed by atoms with Crippen LogP contribution in [-0.4, -0.2) is 24.0 Å². The largest absolute Gasteiger partial charge is 0.400 e. The molecule has 5 N–H and O–H groups in total. The highest BCUT2D eigenvalue weighted by molar-refractivity contribution is 5.95. The van der Waals surface area contributed by atoms with E-state index in [4.69, 9.17) is 5.11 Å². The van der Waals surface area contributed by atoms with Crippen LogP contribution in [0.5, 0.6) is 0 Å². The van der Waals surface area contributed by atoms with Gasteiger partial charge >= 0.3 is 0 Å². The van der Waals surface area contributed by atoms with Crippen LogP contribution in [0, 0.1) is 0 Å². The number of primary amides is 2. The average molecular weight is 134 g/mol. The first-order valence-corrected chi connectivity index (χ1v) is 2.14. The summed E-state index contributed by atoms with van der Waals surface area (Å²) in [7, 11) is 1.00. The van der Waals surface area contributed by atoms with E-state index >= 15 is 0 Å². The van der Waals surface area contributed by atoms with E-state index in [0.29, 0.717) is 0 Å². The maximum atomic E-state index is 9.73. The van der Waals surface area contributed by atoms with Crippen LogP contribution < -0.4 is 11.5 Å².